The third-order valence-electron chi connectivity index (χ3n) is 3.91. The number of hydroxylamine groups is 1. The maximum Gasteiger partial charge on any atom is 0.246 e. The number of amides is 1. The third-order valence-corrected chi connectivity index (χ3v) is 4.40. The lowest BCUT2D eigenvalue weighted by Crippen LogP contribution is -2.37. The summed E-state index contributed by atoms with van der Waals surface area (Å²) >= 11 is 3.34. The van der Waals surface area contributed by atoms with Crippen LogP contribution in [0.4, 0.5) is 0 Å². The van der Waals surface area contributed by atoms with Gasteiger partial charge >= 0.3 is 0 Å². The van der Waals surface area contributed by atoms with Crippen molar-refractivity contribution in [1.29, 1.82) is 0 Å². The van der Waals surface area contributed by atoms with E-state index in [2.05, 4.69) is 15.9 Å². The zero-order valence-electron chi connectivity index (χ0n) is 12.7. The summed E-state index contributed by atoms with van der Waals surface area (Å²) in [7, 11) is 0. The van der Waals surface area contributed by atoms with E-state index < -0.39 is 23.7 Å². The summed E-state index contributed by atoms with van der Waals surface area (Å²) in [6.45, 7) is 0. The second-order valence-electron chi connectivity index (χ2n) is 5.57. The predicted octanol–water partition coefficient (Wildman–Crippen LogP) is 2.38. The Bertz CT molecular complexity index is 881. The summed E-state index contributed by atoms with van der Waals surface area (Å²) in [5.41, 5.74) is 0.167. The van der Waals surface area contributed by atoms with Crippen LogP contribution in [0, 0.1) is 0 Å². The van der Waals surface area contributed by atoms with Crippen LogP contribution in [0.1, 0.15) is 17.5 Å². The van der Waals surface area contributed by atoms with Gasteiger partial charge in [0.15, 0.2) is 0 Å². The first-order valence-electron chi connectivity index (χ1n) is 7.20. The zero-order valence-corrected chi connectivity index (χ0v) is 14.3. The molecular formula is C17H14BrNO6. The first-order chi connectivity index (χ1) is 11.8. The number of hydrogen-bond donors (Lipinski definition) is 5. The first-order valence-corrected chi connectivity index (χ1v) is 7.99. The standard InChI is InChI=1S/C17H14BrNO6/c18-10-3-1-2-9(4-10)12-8-25-14-6-11(20)5-13(21)16(14)17(12,23)7-15(22)19-24/h1-6,8,20-21,23-24H,7H2,(H,19,22). The topological polar surface area (TPSA) is 119 Å². The Morgan fingerprint density at radius 3 is 2.68 bits per heavy atom. The highest BCUT2D eigenvalue weighted by Crippen LogP contribution is 2.51. The number of nitrogens with one attached hydrogen (secondary N) is 1. The van der Waals surface area contributed by atoms with Gasteiger partial charge in [-0.15, -0.1) is 0 Å². The predicted molar refractivity (Wildman–Crippen MR) is 91.0 cm³/mol. The Hall–Kier alpha value is -2.55. The second kappa shape index (κ2) is 6.40. The smallest absolute Gasteiger partial charge is 0.246 e. The molecule has 2 aromatic rings. The molecule has 0 saturated carbocycles. The van der Waals surface area contributed by atoms with E-state index in [4.69, 9.17) is 9.94 Å². The molecule has 7 nitrogen and oxygen atoms in total. The van der Waals surface area contributed by atoms with Crippen molar-refractivity contribution in [2.45, 2.75) is 12.0 Å². The van der Waals surface area contributed by atoms with Gasteiger partial charge in [-0.1, -0.05) is 28.1 Å². The maximum atomic E-state index is 11.8. The highest BCUT2D eigenvalue weighted by molar-refractivity contribution is 9.10. The molecule has 2 aromatic carbocycles. The molecule has 3 rings (SSSR count). The van der Waals surface area contributed by atoms with Gasteiger partial charge in [0.2, 0.25) is 5.91 Å². The SMILES string of the molecule is O=C(CC1(O)C(c2cccc(Br)c2)=COc2cc(O)cc(O)c21)NO. The Balaban J connectivity index is 2.22. The lowest BCUT2D eigenvalue weighted by atomic mass is 9.78. The fourth-order valence-corrected chi connectivity index (χ4v) is 3.27. The molecule has 1 heterocycles. The van der Waals surface area contributed by atoms with Crippen LogP contribution < -0.4 is 10.2 Å². The number of phenols is 2. The highest BCUT2D eigenvalue weighted by atomic mass is 79.9. The van der Waals surface area contributed by atoms with Crippen LogP contribution in [0.3, 0.4) is 0 Å². The van der Waals surface area contributed by atoms with Crippen LogP contribution in [0.15, 0.2) is 47.1 Å². The number of phenolic OH excluding ortho intramolecular Hbond substituents is 2. The molecule has 0 aromatic heterocycles. The molecule has 0 aliphatic carbocycles. The average molecular weight is 408 g/mol. The van der Waals surface area contributed by atoms with E-state index in [-0.39, 0.29) is 22.6 Å². The first kappa shape index (κ1) is 17.3. The maximum absolute atomic E-state index is 11.8. The molecule has 0 spiro atoms. The number of carbonyl (C=O) groups is 1. The van der Waals surface area contributed by atoms with Crippen molar-refractivity contribution in [2.75, 3.05) is 0 Å². The minimum atomic E-state index is -1.99. The van der Waals surface area contributed by atoms with Crippen LogP contribution in [-0.4, -0.2) is 26.4 Å². The fraction of sp³-hybridized carbons (Fsp3) is 0.118. The number of rotatable bonds is 3. The third kappa shape index (κ3) is 3.07. The fourth-order valence-electron chi connectivity index (χ4n) is 2.87. The quantitative estimate of drug-likeness (QED) is 0.393. The molecule has 25 heavy (non-hydrogen) atoms. The molecule has 0 bridgehead atoms. The Morgan fingerprint density at radius 1 is 1.24 bits per heavy atom. The molecule has 0 radical (unpaired) electrons. The molecule has 1 amide bonds. The normalized spacial score (nSPS) is 18.8. The van der Waals surface area contributed by atoms with Gasteiger partial charge in [-0.05, 0) is 17.7 Å². The molecule has 8 heteroatoms. The van der Waals surface area contributed by atoms with E-state index in [1.54, 1.807) is 24.3 Å². The minimum Gasteiger partial charge on any atom is -0.508 e. The van der Waals surface area contributed by atoms with Gasteiger partial charge in [-0.25, -0.2) is 5.48 Å². The number of aliphatic hydroxyl groups is 1. The summed E-state index contributed by atoms with van der Waals surface area (Å²) in [4.78, 5) is 11.8. The lowest BCUT2D eigenvalue weighted by molar-refractivity contribution is -0.133. The monoisotopic (exact) mass is 407 g/mol. The highest BCUT2D eigenvalue weighted by Gasteiger charge is 2.44. The number of halogens is 1. The largest absolute Gasteiger partial charge is 0.508 e. The second-order valence-corrected chi connectivity index (χ2v) is 6.49. The Morgan fingerprint density at radius 2 is 2.00 bits per heavy atom. The van der Waals surface area contributed by atoms with Crippen molar-refractivity contribution in [3.8, 4) is 17.2 Å². The molecule has 0 fully saturated rings. The van der Waals surface area contributed by atoms with Gasteiger partial charge in [-0.3, -0.25) is 10.0 Å². The number of ether oxygens (including phenoxy) is 1. The number of carbonyl (C=O) groups excluding carboxylic acids is 1. The van der Waals surface area contributed by atoms with Crippen LogP contribution in [0.25, 0.3) is 5.57 Å². The number of aromatic hydroxyl groups is 2. The van der Waals surface area contributed by atoms with E-state index >= 15 is 0 Å². The minimum absolute atomic E-state index is 0.00415. The average Bonchev–Trinajstić information content (AvgIpc) is 2.53. The summed E-state index contributed by atoms with van der Waals surface area (Å²) in [5.74, 6) is -1.55. The van der Waals surface area contributed by atoms with Crippen molar-refractivity contribution in [1.82, 2.24) is 5.48 Å². The van der Waals surface area contributed by atoms with Gasteiger partial charge in [0.1, 0.15) is 22.8 Å². The van der Waals surface area contributed by atoms with Crippen molar-refractivity contribution in [3.05, 3.63) is 58.3 Å². The van der Waals surface area contributed by atoms with E-state index in [0.29, 0.717) is 5.56 Å². The molecule has 1 aliphatic heterocycles. The number of fused-ring (bicyclic) bond motifs is 1. The zero-order chi connectivity index (χ0) is 18.2. The van der Waals surface area contributed by atoms with Crippen molar-refractivity contribution < 1.29 is 30.1 Å². The summed E-state index contributed by atoms with van der Waals surface area (Å²) < 4.78 is 6.19. The van der Waals surface area contributed by atoms with Crippen LogP contribution in [0.2, 0.25) is 0 Å². The number of hydrogen-bond acceptors (Lipinski definition) is 6. The van der Waals surface area contributed by atoms with Gasteiger partial charge in [0.05, 0.1) is 18.2 Å². The van der Waals surface area contributed by atoms with E-state index in [9.17, 15) is 20.1 Å². The molecule has 1 atom stereocenters. The van der Waals surface area contributed by atoms with E-state index in [0.717, 1.165) is 10.5 Å². The van der Waals surface area contributed by atoms with Crippen LogP contribution >= 0.6 is 15.9 Å². The Kier molecular flexibility index (Phi) is 4.42. The van der Waals surface area contributed by atoms with Crippen molar-refractivity contribution in [3.63, 3.8) is 0 Å². The van der Waals surface area contributed by atoms with Crippen LogP contribution in [-0.2, 0) is 10.4 Å². The molecule has 130 valence electrons. The summed E-state index contributed by atoms with van der Waals surface area (Å²) in [6.07, 6.45) is 0.671. The van der Waals surface area contributed by atoms with Gasteiger partial charge in [-0.2, -0.15) is 0 Å². The lowest BCUT2D eigenvalue weighted by Gasteiger charge is -2.35. The van der Waals surface area contributed by atoms with Gasteiger partial charge in [0.25, 0.3) is 0 Å². The summed E-state index contributed by atoms with van der Waals surface area (Å²) in [6, 6.07) is 9.18. The number of benzene rings is 2. The van der Waals surface area contributed by atoms with Crippen LogP contribution in [0.5, 0.6) is 17.2 Å². The molecule has 1 unspecified atom stereocenters. The molecular weight excluding hydrogens is 394 g/mol. The van der Waals surface area contributed by atoms with Gasteiger partial charge in [0, 0.05) is 22.2 Å². The van der Waals surface area contributed by atoms with E-state index in [1.807, 2.05) is 0 Å². The molecule has 0 saturated heterocycles. The van der Waals surface area contributed by atoms with Crippen molar-refractivity contribution in [2.24, 2.45) is 0 Å². The van der Waals surface area contributed by atoms with Gasteiger partial charge < -0.3 is 20.1 Å². The molecule has 1 aliphatic rings. The van der Waals surface area contributed by atoms with E-state index in [1.165, 1.54) is 17.8 Å². The summed E-state index contributed by atoms with van der Waals surface area (Å²) in [5, 5.41) is 40.1. The molecule has 5 N–H and O–H groups in total. The Labute approximate surface area is 150 Å². The van der Waals surface area contributed by atoms with Crippen molar-refractivity contribution >= 4 is 27.4 Å².